The molecule has 1 heterocycles. The maximum Gasteiger partial charge on any atom is 0.321 e. The van der Waals surface area contributed by atoms with E-state index in [2.05, 4.69) is 34.4 Å². The fraction of sp³-hybridized carbons (Fsp3) is 0.692. The second kappa shape index (κ2) is 8.66. The van der Waals surface area contributed by atoms with Gasteiger partial charge in [-0.25, -0.2) is 4.79 Å². The molecule has 0 radical (unpaired) electrons. The predicted octanol–water partition coefficient (Wildman–Crippen LogP) is 0.0721. The molecule has 1 atom stereocenters. The summed E-state index contributed by atoms with van der Waals surface area (Å²) in [5.74, 6) is -0.262. The Kier molecular flexibility index (Phi) is 7.14. The molecular weight excluding hydrogens is 244 g/mol. The Balaban J connectivity index is 2.37. The van der Waals surface area contributed by atoms with Crippen LogP contribution in [0, 0.1) is 0 Å². The van der Waals surface area contributed by atoms with Gasteiger partial charge in [0.05, 0.1) is 6.54 Å². The van der Waals surface area contributed by atoms with Crippen molar-refractivity contribution in [1.82, 2.24) is 20.9 Å². The minimum Gasteiger partial charge on any atom is -0.334 e. The first-order valence-electron chi connectivity index (χ1n) is 6.80. The Hall–Kier alpha value is -1.40. The highest BCUT2D eigenvalue weighted by Crippen LogP contribution is 2.08. The van der Waals surface area contributed by atoms with Crippen molar-refractivity contribution < 1.29 is 9.59 Å². The van der Waals surface area contributed by atoms with E-state index in [1.165, 1.54) is 0 Å². The molecule has 1 saturated heterocycles. The van der Waals surface area contributed by atoms with Gasteiger partial charge in [0.25, 0.3) is 0 Å². The summed E-state index contributed by atoms with van der Waals surface area (Å²) in [6.45, 7) is 8.97. The van der Waals surface area contributed by atoms with E-state index in [4.69, 9.17) is 0 Å². The molecule has 3 N–H and O–H groups in total. The van der Waals surface area contributed by atoms with E-state index < -0.39 is 6.03 Å². The molecule has 1 fully saturated rings. The summed E-state index contributed by atoms with van der Waals surface area (Å²) in [6.07, 6.45) is 3.61. The fourth-order valence-corrected chi connectivity index (χ4v) is 2.19. The molecule has 0 aromatic carbocycles. The standard InChI is InChI=1S/C13H24N4O2/c1-3-6-15-13(19)16-12(18)10-17(8-4-2)11-5-7-14-9-11/h3,11,14H,1,4-10H2,2H3,(H2,15,16,18,19). The van der Waals surface area contributed by atoms with E-state index in [1.54, 1.807) is 6.08 Å². The third kappa shape index (κ3) is 5.85. The first-order valence-corrected chi connectivity index (χ1v) is 6.80. The third-order valence-electron chi connectivity index (χ3n) is 3.07. The van der Waals surface area contributed by atoms with Gasteiger partial charge in [0.2, 0.25) is 5.91 Å². The normalized spacial score (nSPS) is 18.3. The van der Waals surface area contributed by atoms with E-state index in [1.807, 2.05) is 0 Å². The first-order chi connectivity index (χ1) is 9.17. The van der Waals surface area contributed by atoms with Gasteiger partial charge in [-0.05, 0) is 25.9 Å². The van der Waals surface area contributed by atoms with Gasteiger partial charge in [0.1, 0.15) is 0 Å². The lowest BCUT2D eigenvalue weighted by Gasteiger charge is -2.27. The largest absolute Gasteiger partial charge is 0.334 e. The second-order valence-electron chi connectivity index (χ2n) is 4.66. The minimum atomic E-state index is -0.467. The molecule has 0 bridgehead atoms. The molecule has 0 saturated carbocycles. The van der Waals surface area contributed by atoms with Gasteiger partial charge < -0.3 is 10.6 Å². The lowest BCUT2D eigenvalue weighted by atomic mass is 10.2. The van der Waals surface area contributed by atoms with Crippen LogP contribution in [0.25, 0.3) is 0 Å². The zero-order valence-corrected chi connectivity index (χ0v) is 11.6. The number of nitrogens with zero attached hydrogens (tertiary/aromatic N) is 1. The van der Waals surface area contributed by atoms with Gasteiger partial charge in [0.15, 0.2) is 0 Å². The molecule has 0 aliphatic carbocycles. The van der Waals surface area contributed by atoms with Crippen LogP contribution in [0.5, 0.6) is 0 Å². The highest BCUT2D eigenvalue weighted by Gasteiger charge is 2.23. The molecule has 0 spiro atoms. The number of carbonyl (C=O) groups excluding carboxylic acids is 2. The van der Waals surface area contributed by atoms with Crippen LogP contribution < -0.4 is 16.0 Å². The van der Waals surface area contributed by atoms with Crippen molar-refractivity contribution in [3.8, 4) is 0 Å². The first kappa shape index (κ1) is 15.7. The molecule has 1 rings (SSSR count). The average molecular weight is 268 g/mol. The van der Waals surface area contributed by atoms with E-state index in [9.17, 15) is 9.59 Å². The molecule has 3 amide bonds. The van der Waals surface area contributed by atoms with Gasteiger partial charge >= 0.3 is 6.03 Å². The van der Waals surface area contributed by atoms with Crippen molar-refractivity contribution in [3.05, 3.63) is 12.7 Å². The summed E-state index contributed by atoms with van der Waals surface area (Å²) in [5.41, 5.74) is 0. The summed E-state index contributed by atoms with van der Waals surface area (Å²) >= 11 is 0. The Morgan fingerprint density at radius 3 is 2.89 bits per heavy atom. The maximum absolute atomic E-state index is 11.8. The number of hydrogen-bond donors (Lipinski definition) is 3. The minimum absolute atomic E-state index is 0.262. The van der Waals surface area contributed by atoms with E-state index in [0.29, 0.717) is 12.6 Å². The Bertz CT molecular complexity index is 314. The average Bonchev–Trinajstić information content (AvgIpc) is 2.89. The van der Waals surface area contributed by atoms with Crippen molar-refractivity contribution in [3.63, 3.8) is 0 Å². The van der Waals surface area contributed by atoms with Crippen LogP contribution in [0.2, 0.25) is 0 Å². The molecule has 6 nitrogen and oxygen atoms in total. The monoisotopic (exact) mass is 268 g/mol. The number of hydrogen-bond acceptors (Lipinski definition) is 4. The highest BCUT2D eigenvalue weighted by molar-refractivity contribution is 5.95. The Morgan fingerprint density at radius 1 is 1.53 bits per heavy atom. The van der Waals surface area contributed by atoms with Crippen molar-refractivity contribution in [2.75, 3.05) is 32.7 Å². The molecule has 108 valence electrons. The van der Waals surface area contributed by atoms with Crippen molar-refractivity contribution >= 4 is 11.9 Å². The lowest BCUT2D eigenvalue weighted by Crippen LogP contribution is -2.47. The predicted molar refractivity (Wildman–Crippen MR) is 74.9 cm³/mol. The number of nitrogens with one attached hydrogen (secondary N) is 3. The second-order valence-corrected chi connectivity index (χ2v) is 4.66. The van der Waals surface area contributed by atoms with Crippen LogP contribution in [-0.2, 0) is 4.79 Å². The van der Waals surface area contributed by atoms with Crippen LogP contribution in [0.3, 0.4) is 0 Å². The summed E-state index contributed by atoms with van der Waals surface area (Å²) < 4.78 is 0. The molecule has 1 aliphatic rings. The number of amides is 3. The van der Waals surface area contributed by atoms with Crippen LogP contribution >= 0.6 is 0 Å². The van der Waals surface area contributed by atoms with Crippen LogP contribution in [-0.4, -0.2) is 55.6 Å². The highest BCUT2D eigenvalue weighted by atomic mass is 16.2. The molecule has 1 unspecified atom stereocenters. The summed E-state index contributed by atoms with van der Waals surface area (Å²) in [5, 5.41) is 8.14. The summed E-state index contributed by atoms with van der Waals surface area (Å²) in [6, 6.07) is -0.0761. The van der Waals surface area contributed by atoms with E-state index >= 15 is 0 Å². The molecule has 0 aromatic heterocycles. The number of urea groups is 1. The Labute approximate surface area is 114 Å². The van der Waals surface area contributed by atoms with Gasteiger partial charge in [-0.2, -0.15) is 0 Å². The van der Waals surface area contributed by atoms with E-state index in [0.717, 1.165) is 32.5 Å². The zero-order chi connectivity index (χ0) is 14.1. The van der Waals surface area contributed by atoms with Crippen LogP contribution in [0.1, 0.15) is 19.8 Å². The van der Waals surface area contributed by atoms with Gasteiger partial charge in [-0.3, -0.25) is 15.0 Å². The maximum atomic E-state index is 11.8. The molecule has 19 heavy (non-hydrogen) atoms. The van der Waals surface area contributed by atoms with E-state index in [-0.39, 0.29) is 12.5 Å². The molecule has 6 heteroatoms. The summed E-state index contributed by atoms with van der Waals surface area (Å²) in [4.78, 5) is 25.3. The van der Waals surface area contributed by atoms with Crippen LogP contribution in [0.15, 0.2) is 12.7 Å². The summed E-state index contributed by atoms with van der Waals surface area (Å²) in [7, 11) is 0. The number of imide groups is 1. The number of carbonyl (C=O) groups is 2. The van der Waals surface area contributed by atoms with Crippen molar-refractivity contribution in [1.29, 1.82) is 0 Å². The van der Waals surface area contributed by atoms with Crippen LogP contribution in [0.4, 0.5) is 4.79 Å². The SMILES string of the molecule is C=CCNC(=O)NC(=O)CN(CCC)C1CCNC1. The van der Waals surface area contributed by atoms with Gasteiger partial charge in [-0.1, -0.05) is 13.0 Å². The molecular formula is C13H24N4O2. The quantitative estimate of drug-likeness (QED) is 0.571. The lowest BCUT2D eigenvalue weighted by molar-refractivity contribution is -0.121. The number of rotatable bonds is 7. The van der Waals surface area contributed by atoms with Crippen molar-refractivity contribution in [2.45, 2.75) is 25.8 Å². The molecule has 1 aliphatic heterocycles. The third-order valence-corrected chi connectivity index (χ3v) is 3.07. The fourth-order valence-electron chi connectivity index (χ4n) is 2.19. The Morgan fingerprint density at radius 2 is 2.32 bits per heavy atom. The zero-order valence-electron chi connectivity index (χ0n) is 11.6. The molecule has 0 aromatic rings. The topological polar surface area (TPSA) is 73.5 Å². The van der Waals surface area contributed by atoms with Crippen molar-refractivity contribution in [2.24, 2.45) is 0 Å². The van der Waals surface area contributed by atoms with Gasteiger partial charge in [0, 0.05) is 19.1 Å². The smallest absolute Gasteiger partial charge is 0.321 e. The van der Waals surface area contributed by atoms with Gasteiger partial charge in [-0.15, -0.1) is 6.58 Å².